The molecule has 1 N–H and O–H groups in total. The van der Waals surface area contributed by atoms with E-state index in [1.807, 2.05) is 16.7 Å². The number of hydrogen-bond acceptors (Lipinski definition) is 4. The van der Waals surface area contributed by atoms with Crippen LogP contribution in [-0.2, 0) is 15.3 Å². The van der Waals surface area contributed by atoms with Crippen molar-refractivity contribution in [2.75, 3.05) is 18.1 Å². The molecule has 24 heavy (non-hydrogen) atoms. The predicted octanol–water partition coefficient (Wildman–Crippen LogP) is 2.80. The van der Waals surface area contributed by atoms with Crippen molar-refractivity contribution in [1.82, 2.24) is 10.2 Å². The molecular formula is C18H24N2O2S2. The van der Waals surface area contributed by atoms with Gasteiger partial charge in [0.2, 0.25) is 11.8 Å². The average Bonchev–Trinajstić information content (AvgIpc) is 3.05. The third-order valence-electron chi connectivity index (χ3n) is 4.68. The number of aryl methyl sites for hydroxylation is 1. The fourth-order valence-corrected chi connectivity index (χ4v) is 5.50. The van der Waals surface area contributed by atoms with Crippen molar-refractivity contribution < 1.29 is 9.59 Å². The summed E-state index contributed by atoms with van der Waals surface area (Å²) in [6.07, 6.45) is 1.42. The van der Waals surface area contributed by atoms with E-state index < -0.39 is 0 Å². The highest BCUT2D eigenvalue weighted by Crippen LogP contribution is 2.47. The number of carbonyl (C=O) groups is 2. The van der Waals surface area contributed by atoms with Crippen LogP contribution in [0.1, 0.15) is 30.9 Å². The third-order valence-corrected chi connectivity index (χ3v) is 7.22. The molecule has 2 fully saturated rings. The first-order chi connectivity index (χ1) is 11.5. The number of fused-ring (bicyclic) bond motifs is 1. The number of nitrogens with zero attached hydrogens (tertiary/aromatic N) is 1. The van der Waals surface area contributed by atoms with Gasteiger partial charge in [-0.2, -0.15) is 11.8 Å². The number of thioether (sulfide) groups is 2. The number of benzene rings is 1. The van der Waals surface area contributed by atoms with Crippen LogP contribution in [0.4, 0.5) is 0 Å². The highest BCUT2D eigenvalue weighted by Gasteiger charge is 2.52. The quantitative estimate of drug-likeness (QED) is 0.789. The molecule has 2 amide bonds. The van der Waals surface area contributed by atoms with E-state index in [0.29, 0.717) is 18.7 Å². The van der Waals surface area contributed by atoms with E-state index in [9.17, 15) is 9.59 Å². The second-order valence-corrected chi connectivity index (χ2v) is 9.20. The van der Waals surface area contributed by atoms with Gasteiger partial charge in [0.25, 0.3) is 0 Å². The van der Waals surface area contributed by atoms with Crippen molar-refractivity contribution in [2.45, 2.75) is 43.4 Å². The van der Waals surface area contributed by atoms with E-state index in [1.54, 1.807) is 11.8 Å². The molecule has 2 aliphatic rings. The van der Waals surface area contributed by atoms with E-state index >= 15 is 0 Å². The van der Waals surface area contributed by atoms with Crippen LogP contribution < -0.4 is 5.32 Å². The monoisotopic (exact) mass is 364 g/mol. The molecular weight excluding hydrogens is 340 g/mol. The minimum atomic E-state index is -0.294. The number of hydrogen-bond donors (Lipinski definition) is 1. The molecule has 0 radical (unpaired) electrons. The maximum atomic E-state index is 12.4. The standard InChI is InChI=1S/C18H24N2O2S2/c1-13-3-5-14(6-4-13)11-23-10-9-19-17(22)15-12-24-18(2)8-7-16(21)20(15)18/h3-6,15H,7-12H2,1-2H3,(H,19,22). The summed E-state index contributed by atoms with van der Waals surface area (Å²) in [5.74, 6) is 2.67. The van der Waals surface area contributed by atoms with Crippen LogP contribution in [0, 0.1) is 6.92 Å². The molecule has 0 spiro atoms. The molecule has 3 rings (SSSR count). The normalized spacial score (nSPS) is 25.8. The van der Waals surface area contributed by atoms with E-state index in [-0.39, 0.29) is 22.7 Å². The molecule has 2 atom stereocenters. The molecule has 2 saturated heterocycles. The van der Waals surface area contributed by atoms with Gasteiger partial charge in [0.1, 0.15) is 6.04 Å². The lowest BCUT2D eigenvalue weighted by atomic mass is 10.2. The number of nitrogens with one attached hydrogen (secondary N) is 1. The summed E-state index contributed by atoms with van der Waals surface area (Å²) in [4.78, 5) is 26.1. The zero-order valence-electron chi connectivity index (χ0n) is 14.2. The summed E-state index contributed by atoms with van der Waals surface area (Å²) < 4.78 is 0. The summed E-state index contributed by atoms with van der Waals surface area (Å²) in [6, 6.07) is 8.25. The Balaban J connectivity index is 1.40. The largest absolute Gasteiger partial charge is 0.353 e. The Labute approximate surface area is 152 Å². The molecule has 1 aromatic rings. The van der Waals surface area contributed by atoms with E-state index in [1.165, 1.54) is 11.1 Å². The molecule has 4 nitrogen and oxygen atoms in total. The summed E-state index contributed by atoms with van der Waals surface area (Å²) in [5, 5.41) is 3.00. The van der Waals surface area contributed by atoms with Crippen molar-refractivity contribution in [2.24, 2.45) is 0 Å². The molecule has 1 aromatic carbocycles. The van der Waals surface area contributed by atoms with E-state index in [0.717, 1.165) is 17.9 Å². The van der Waals surface area contributed by atoms with E-state index in [2.05, 4.69) is 43.4 Å². The Morgan fingerprint density at radius 2 is 2.17 bits per heavy atom. The minimum absolute atomic E-state index is 0.00240. The zero-order chi connectivity index (χ0) is 17.2. The first-order valence-corrected chi connectivity index (χ1v) is 10.5. The zero-order valence-corrected chi connectivity index (χ0v) is 15.8. The molecule has 0 aromatic heterocycles. The number of amides is 2. The first kappa shape index (κ1) is 17.7. The average molecular weight is 365 g/mol. The maximum absolute atomic E-state index is 12.4. The van der Waals surface area contributed by atoms with Gasteiger partial charge in [-0.1, -0.05) is 29.8 Å². The molecule has 130 valence electrons. The number of carbonyl (C=O) groups excluding carboxylic acids is 2. The van der Waals surface area contributed by atoms with Crippen molar-refractivity contribution >= 4 is 35.3 Å². The van der Waals surface area contributed by atoms with Crippen LogP contribution in [0.5, 0.6) is 0 Å². The summed E-state index contributed by atoms with van der Waals surface area (Å²) in [7, 11) is 0. The van der Waals surface area contributed by atoms with Gasteiger partial charge in [0.15, 0.2) is 0 Å². The third kappa shape index (κ3) is 3.75. The van der Waals surface area contributed by atoms with Crippen LogP contribution >= 0.6 is 23.5 Å². The molecule has 2 heterocycles. The summed E-state index contributed by atoms with van der Waals surface area (Å²) in [5.41, 5.74) is 2.58. The highest BCUT2D eigenvalue weighted by molar-refractivity contribution is 8.01. The van der Waals surface area contributed by atoms with Gasteiger partial charge in [-0.15, -0.1) is 11.8 Å². The second-order valence-electron chi connectivity index (χ2n) is 6.59. The van der Waals surface area contributed by atoms with Crippen LogP contribution in [-0.4, -0.2) is 45.7 Å². The lowest BCUT2D eigenvalue weighted by Gasteiger charge is -2.29. The first-order valence-electron chi connectivity index (χ1n) is 8.37. The number of rotatable bonds is 6. The van der Waals surface area contributed by atoms with Gasteiger partial charge < -0.3 is 10.2 Å². The van der Waals surface area contributed by atoms with Crippen LogP contribution in [0.2, 0.25) is 0 Å². The lowest BCUT2D eigenvalue weighted by Crippen LogP contribution is -2.50. The molecule has 0 bridgehead atoms. The van der Waals surface area contributed by atoms with Gasteiger partial charge in [-0.25, -0.2) is 0 Å². The van der Waals surface area contributed by atoms with Crippen LogP contribution in [0.3, 0.4) is 0 Å². The molecule has 0 saturated carbocycles. The van der Waals surface area contributed by atoms with Crippen molar-refractivity contribution in [3.8, 4) is 0 Å². The minimum Gasteiger partial charge on any atom is -0.353 e. The SMILES string of the molecule is Cc1ccc(CSCCNC(=O)C2CSC3(C)CCC(=O)N23)cc1. The Kier molecular flexibility index (Phi) is 5.45. The Hall–Kier alpha value is -1.14. The smallest absolute Gasteiger partial charge is 0.243 e. The maximum Gasteiger partial charge on any atom is 0.243 e. The summed E-state index contributed by atoms with van der Waals surface area (Å²) >= 11 is 3.55. The Morgan fingerprint density at radius 3 is 2.92 bits per heavy atom. The fourth-order valence-electron chi connectivity index (χ4n) is 3.25. The molecule has 6 heteroatoms. The van der Waals surface area contributed by atoms with Crippen LogP contribution in [0.25, 0.3) is 0 Å². The van der Waals surface area contributed by atoms with Crippen LogP contribution in [0.15, 0.2) is 24.3 Å². The molecule has 0 aliphatic carbocycles. The lowest BCUT2D eigenvalue weighted by molar-refractivity contribution is -0.137. The van der Waals surface area contributed by atoms with Gasteiger partial charge in [0.05, 0.1) is 4.87 Å². The predicted molar refractivity (Wildman–Crippen MR) is 101 cm³/mol. The fraction of sp³-hybridized carbons (Fsp3) is 0.556. The Morgan fingerprint density at radius 1 is 1.42 bits per heavy atom. The Bertz CT molecular complexity index is 620. The second kappa shape index (κ2) is 7.40. The highest BCUT2D eigenvalue weighted by atomic mass is 32.2. The van der Waals surface area contributed by atoms with E-state index in [4.69, 9.17) is 0 Å². The van der Waals surface area contributed by atoms with Gasteiger partial charge in [-0.3, -0.25) is 9.59 Å². The van der Waals surface area contributed by atoms with Crippen molar-refractivity contribution in [3.05, 3.63) is 35.4 Å². The molecule has 2 unspecified atom stereocenters. The van der Waals surface area contributed by atoms with Crippen molar-refractivity contribution in [3.63, 3.8) is 0 Å². The van der Waals surface area contributed by atoms with Gasteiger partial charge in [0, 0.05) is 30.2 Å². The van der Waals surface area contributed by atoms with Gasteiger partial charge >= 0.3 is 0 Å². The molecule has 2 aliphatic heterocycles. The van der Waals surface area contributed by atoms with Gasteiger partial charge in [-0.05, 0) is 25.8 Å². The summed E-state index contributed by atoms with van der Waals surface area (Å²) in [6.45, 7) is 4.81. The topological polar surface area (TPSA) is 49.4 Å². The van der Waals surface area contributed by atoms with Crippen molar-refractivity contribution in [1.29, 1.82) is 0 Å².